The summed E-state index contributed by atoms with van der Waals surface area (Å²) in [5, 5.41) is 5.07. The quantitative estimate of drug-likeness (QED) is 0.272. The lowest BCUT2D eigenvalue weighted by molar-refractivity contribution is 1.16. The van der Waals surface area contributed by atoms with Crippen LogP contribution in [0.25, 0.3) is 0 Å². The molecule has 80 valence electrons. The average Bonchev–Trinajstić information content (AvgIpc) is 2.27. The van der Waals surface area contributed by atoms with E-state index in [-0.39, 0.29) is 0 Å². The Balaban J connectivity index is 2.21. The van der Waals surface area contributed by atoms with Gasteiger partial charge in [-0.1, -0.05) is 0 Å². The Labute approximate surface area is 87.7 Å². The van der Waals surface area contributed by atoms with Crippen molar-refractivity contribution in [3.8, 4) is 0 Å². The third-order valence-electron chi connectivity index (χ3n) is 1.49. The van der Waals surface area contributed by atoms with Gasteiger partial charge >= 0.3 is 22.6 Å². The fraction of sp³-hybridized carbons (Fsp3) is 0. The number of nitrogens with one attached hydrogen (secondary N) is 4. The summed E-state index contributed by atoms with van der Waals surface area (Å²) in [5.41, 5.74) is 23.4. The van der Waals surface area contributed by atoms with E-state index in [1.807, 2.05) is 11.6 Å². The van der Waals surface area contributed by atoms with E-state index in [1.165, 1.54) is 0 Å². The summed E-state index contributed by atoms with van der Waals surface area (Å²) < 4.78 is 0. The summed E-state index contributed by atoms with van der Waals surface area (Å²) in [7, 11) is -4.82. The van der Waals surface area contributed by atoms with Crippen LogP contribution in [0.3, 0.4) is 0 Å². The SMILES string of the molecule is N[P+]1(N)N[P+](N)(N)N[P+]2(NC=CS2)N1. The van der Waals surface area contributed by atoms with Crippen molar-refractivity contribution in [1.82, 2.24) is 19.7 Å². The maximum atomic E-state index is 5.85. The molecule has 2 heterocycles. The van der Waals surface area contributed by atoms with E-state index < -0.39 is 22.6 Å². The van der Waals surface area contributed by atoms with Gasteiger partial charge in [0.1, 0.15) is 11.4 Å². The molecule has 0 aliphatic carbocycles. The van der Waals surface area contributed by atoms with Gasteiger partial charge in [0.25, 0.3) is 0 Å². The Kier molecular flexibility index (Phi) is 2.80. The van der Waals surface area contributed by atoms with Gasteiger partial charge in [0.2, 0.25) is 0 Å². The molecule has 0 unspecified atom stereocenters. The lowest BCUT2D eigenvalue weighted by atomic mass is 11.1. The van der Waals surface area contributed by atoms with E-state index in [0.29, 0.717) is 0 Å². The summed E-state index contributed by atoms with van der Waals surface area (Å²) in [6.45, 7) is -1.89. The van der Waals surface area contributed by atoms with Crippen LogP contribution in [0.1, 0.15) is 0 Å². The molecule has 1 fully saturated rings. The van der Waals surface area contributed by atoms with Gasteiger partial charge in [-0.3, -0.25) is 0 Å². The molecule has 1 saturated heterocycles. The molecule has 1 spiro atoms. The second kappa shape index (κ2) is 3.45. The molecular formula is C2H14N8P3S+3. The van der Waals surface area contributed by atoms with Crippen LogP contribution in [0.5, 0.6) is 0 Å². The zero-order valence-electron chi connectivity index (χ0n) is 7.21. The molecule has 0 atom stereocenters. The number of nitrogens with two attached hydrogens (primary N) is 4. The van der Waals surface area contributed by atoms with Crippen molar-refractivity contribution in [1.29, 1.82) is 0 Å². The highest BCUT2D eigenvalue weighted by Crippen LogP contribution is 2.76. The predicted molar refractivity (Wildman–Crippen MR) is 66.8 cm³/mol. The Morgan fingerprint density at radius 3 is 1.93 bits per heavy atom. The molecule has 14 heavy (non-hydrogen) atoms. The van der Waals surface area contributed by atoms with Crippen LogP contribution in [0.4, 0.5) is 0 Å². The van der Waals surface area contributed by atoms with E-state index in [1.54, 1.807) is 11.4 Å². The molecule has 0 amide bonds. The Hall–Kier alpha value is 0.900. The minimum absolute atomic E-state index is 1.56. The molecule has 0 aromatic heterocycles. The summed E-state index contributed by atoms with van der Waals surface area (Å²) in [6, 6.07) is 0. The number of hydrogen-bond donors (Lipinski definition) is 8. The lowest BCUT2D eigenvalue weighted by Gasteiger charge is -2.30. The zero-order chi connectivity index (χ0) is 10.4. The second-order valence-corrected chi connectivity index (χ2v) is 12.7. The topological polar surface area (TPSA) is 152 Å². The number of hydrogen-bond acceptors (Lipinski definition) is 9. The summed E-state index contributed by atoms with van der Waals surface area (Å²) in [4.78, 5) is 9.11. The highest BCUT2D eigenvalue weighted by Gasteiger charge is 2.68. The average molecular weight is 275 g/mol. The standard InChI is InChI=1S/C2H14N8P3S/c3-11(4)8-12(5,6)10-13(9-11)7-1-2-14-13/h1-2,7-10H,3-6H2/q+3. The van der Waals surface area contributed by atoms with E-state index in [0.717, 1.165) is 0 Å². The molecular weight excluding hydrogens is 261 g/mol. The second-order valence-electron chi connectivity index (χ2n) is 3.00. The van der Waals surface area contributed by atoms with Crippen molar-refractivity contribution in [3.63, 3.8) is 0 Å². The van der Waals surface area contributed by atoms with Gasteiger partial charge in [-0.2, -0.15) is 22.0 Å². The molecule has 12 N–H and O–H groups in total. The van der Waals surface area contributed by atoms with Crippen LogP contribution < -0.4 is 41.7 Å². The zero-order valence-corrected chi connectivity index (χ0v) is 10.7. The monoisotopic (exact) mass is 275 g/mol. The van der Waals surface area contributed by atoms with Crippen molar-refractivity contribution in [2.24, 2.45) is 22.0 Å². The molecule has 0 saturated carbocycles. The first-order chi connectivity index (χ1) is 6.33. The largest absolute Gasteiger partial charge is 0.387 e. The first-order valence-corrected chi connectivity index (χ1v) is 10.8. The van der Waals surface area contributed by atoms with Crippen molar-refractivity contribution in [3.05, 3.63) is 11.6 Å². The van der Waals surface area contributed by atoms with Crippen LogP contribution in [0.2, 0.25) is 0 Å². The van der Waals surface area contributed by atoms with Gasteiger partial charge < -0.3 is 0 Å². The predicted octanol–water partition coefficient (Wildman–Crippen LogP) is -0.556. The van der Waals surface area contributed by atoms with Crippen molar-refractivity contribution in [2.75, 3.05) is 0 Å². The molecule has 2 rings (SSSR count). The van der Waals surface area contributed by atoms with E-state index in [9.17, 15) is 0 Å². The first-order valence-electron chi connectivity index (χ1n) is 3.64. The van der Waals surface area contributed by atoms with Crippen LogP contribution >= 0.6 is 34.0 Å². The highest BCUT2D eigenvalue weighted by molar-refractivity contribution is 8.64. The maximum Gasteiger partial charge on any atom is 0.387 e. The van der Waals surface area contributed by atoms with Crippen molar-refractivity contribution in [2.45, 2.75) is 0 Å². The van der Waals surface area contributed by atoms with Gasteiger partial charge in [0, 0.05) is 26.2 Å². The maximum absolute atomic E-state index is 5.85. The van der Waals surface area contributed by atoms with Gasteiger partial charge in [-0.25, -0.2) is 5.09 Å². The van der Waals surface area contributed by atoms with Crippen molar-refractivity contribution >= 4 is 34.0 Å². The van der Waals surface area contributed by atoms with Gasteiger partial charge in [-0.05, 0) is 0 Å². The Morgan fingerprint density at radius 1 is 0.929 bits per heavy atom. The molecule has 2 aliphatic heterocycles. The van der Waals surface area contributed by atoms with Crippen LogP contribution in [-0.4, -0.2) is 0 Å². The van der Waals surface area contributed by atoms with Gasteiger partial charge in [0.15, 0.2) is 0 Å². The van der Waals surface area contributed by atoms with E-state index in [4.69, 9.17) is 22.0 Å². The fourth-order valence-corrected chi connectivity index (χ4v) is 14.8. The van der Waals surface area contributed by atoms with Crippen LogP contribution in [-0.2, 0) is 0 Å². The minimum Gasteiger partial charge on any atom is -0.221 e. The van der Waals surface area contributed by atoms with Gasteiger partial charge in [0.05, 0.1) is 0 Å². The third-order valence-corrected chi connectivity index (χ3v) is 13.2. The smallest absolute Gasteiger partial charge is 0.221 e. The fourth-order valence-electron chi connectivity index (χ4n) is 1.20. The normalized spacial score (nSPS) is 31.7. The van der Waals surface area contributed by atoms with Crippen molar-refractivity contribution < 1.29 is 0 Å². The molecule has 0 aromatic carbocycles. The third kappa shape index (κ3) is 2.35. The lowest BCUT2D eigenvalue weighted by Crippen LogP contribution is -2.54. The summed E-state index contributed by atoms with van der Waals surface area (Å²) >= 11 is 1.56. The molecule has 0 bridgehead atoms. The Bertz CT molecular complexity index is 252. The minimum atomic E-state index is -2.41. The molecule has 8 nitrogen and oxygen atoms in total. The molecule has 0 radical (unpaired) electrons. The first kappa shape index (κ1) is 11.4. The Morgan fingerprint density at radius 2 is 1.50 bits per heavy atom. The molecule has 2 aliphatic rings. The van der Waals surface area contributed by atoms with E-state index in [2.05, 4.69) is 19.7 Å². The van der Waals surface area contributed by atoms with Gasteiger partial charge in [-0.15, -0.1) is 0 Å². The molecule has 12 heteroatoms. The number of rotatable bonds is 0. The summed E-state index contributed by atoms with van der Waals surface area (Å²) in [6.07, 6.45) is 1.82. The van der Waals surface area contributed by atoms with Crippen LogP contribution in [0.15, 0.2) is 11.6 Å². The molecule has 0 aromatic rings. The van der Waals surface area contributed by atoms with E-state index >= 15 is 0 Å². The van der Waals surface area contributed by atoms with Crippen LogP contribution in [0, 0.1) is 0 Å². The summed E-state index contributed by atoms with van der Waals surface area (Å²) in [5.74, 6) is 0. The highest BCUT2D eigenvalue weighted by atomic mass is 32.7.